The fourth-order valence-corrected chi connectivity index (χ4v) is 5.57. The van der Waals surface area contributed by atoms with Crippen molar-refractivity contribution in [1.82, 2.24) is 10.2 Å². The largest absolute Gasteiger partial charge is 0.481 e. The Balaban J connectivity index is 1.05. The first-order valence-electron chi connectivity index (χ1n) is 11.6. The molecule has 1 heterocycles. The topological polar surface area (TPSA) is 95.9 Å². The van der Waals surface area contributed by atoms with Crippen LogP contribution in [0.3, 0.4) is 0 Å². The highest BCUT2D eigenvalue weighted by Crippen LogP contribution is 2.51. The molecule has 2 amide bonds. The number of likely N-dealkylation sites (tertiary alicyclic amines) is 1. The summed E-state index contributed by atoms with van der Waals surface area (Å²) in [6.07, 6.45) is 1.15. The van der Waals surface area contributed by atoms with E-state index in [2.05, 4.69) is 29.6 Å². The van der Waals surface area contributed by atoms with E-state index in [0.29, 0.717) is 32.5 Å². The van der Waals surface area contributed by atoms with Gasteiger partial charge in [-0.25, -0.2) is 4.79 Å². The number of hydrogen-bond acceptors (Lipinski definition) is 4. The van der Waals surface area contributed by atoms with Crippen molar-refractivity contribution in [2.75, 3.05) is 26.2 Å². The lowest BCUT2D eigenvalue weighted by atomic mass is 9.98. The zero-order valence-electron chi connectivity index (χ0n) is 18.4. The summed E-state index contributed by atoms with van der Waals surface area (Å²) in [6, 6.07) is 16.4. The second-order valence-electron chi connectivity index (χ2n) is 9.18. The van der Waals surface area contributed by atoms with Crippen LogP contribution >= 0.6 is 0 Å². The number of piperidine rings is 1. The number of fused-ring (bicyclic) bond motifs is 4. The smallest absolute Gasteiger partial charge is 0.407 e. The molecule has 2 aromatic rings. The summed E-state index contributed by atoms with van der Waals surface area (Å²) in [6.45, 7) is 1.80. The van der Waals surface area contributed by atoms with E-state index in [1.54, 1.807) is 4.90 Å². The van der Waals surface area contributed by atoms with Crippen LogP contribution in [0.4, 0.5) is 4.79 Å². The Bertz CT molecular complexity index is 1040. The van der Waals surface area contributed by atoms with Crippen molar-refractivity contribution in [2.45, 2.75) is 25.2 Å². The summed E-state index contributed by atoms with van der Waals surface area (Å²) in [5, 5.41) is 11.9. The van der Waals surface area contributed by atoms with Crippen LogP contribution in [0.5, 0.6) is 0 Å². The molecule has 7 heteroatoms. The normalized spacial score (nSPS) is 22.7. The van der Waals surface area contributed by atoms with E-state index >= 15 is 0 Å². The monoisotopic (exact) mass is 448 g/mol. The maximum absolute atomic E-state index is 12.5. The number of carboxylic acids is 1. The second kappa shape index (κ2) is 8.89. The van der Waals surface area contributed by atoms with Gasteiger partial charge in [0.2, 0.25) is 5.91 Å². The number of alkyl carbamates (subject to hydrolysis) is 1. The SMILES string of the molecule is O=C(NCCCC(=O)N1CC[C@H]2C(C(=O)O)[C@H]2C1)OCC1c2ccccc2-c2ccccc21. The van der Waals surface area contributed by atoms with Gasteiger partial charge in [-0.2, -0.15) is 0 Å². The second-order valence-corrected chi connectivity index (χ2v) is 9.18. The third kappa shape index (κ3) is 4.19. The Morgan fingerprint density at radius 3 is 2.33 bits per heavy atom. The lowest BCUT2D eigenvalue weighted by molar-refractivity contribution is -0.139. The van der Waals surface area contributed by atoms with Crippen LogP contribution in [-0.2, 0) is 14.3 Å². The molecule has 2 N–H and O–H groups in total. The lowest BCUT2D eigenvalue weighted by Crippen LogP contribution is -2.37. The van der Waals surface area contributed by atoms with Gasteiger partial charge in [-0.05, 0) is 46.9 Å². The summed E-state index contributed by atoms with van der Waals surface area (Å²) in [5.74, 6) is -0.630. The first-order chi connectivity index (χ1) is 16.0. The van der Waals surface area contributed by atoms with Gasteiger partial charge in [-0.1, -0.05) is 48.5 Å². The van der Waals surface area contributed by atoms with E-state index in [1.165, 1.54) is 22.3 Å². The fraction of sp³-hybridized carbons (Fsp3) is 0.423. The van der Waals surface area contributed by atoms with Gasteiger partial charge in [0.05, 0.1) is 5.92 Å². The summed E-state index contributed by atoms with van der Waals surface area (Å²) >= 11 is 0. The van der Waals surface area contributed by atoms with E-state index < -0.39 is 12.1 Å². The predicted octanol–water partition coefficient (Wildman–Crippen LogP) is 3.48. The highest BCUT2D eigenvalue weighted by molar-refractivity contribution is 5.79. The Labute approximate surface area is 192 Å². The lowest BCUT2D eigenvalue weighted by Gasteiger charge is -2.26. The van der Waals surface area contributed by atoms with Crippen LogP contribution in [-0.4, -0.2) is 54.2 Å². The van der Waals surface area contributed by atoms with Gasteiger partial charge in [0.15, 0.2) is 0 Å². The van der Waals surface area contributed by atoms with Crippen LogP contribution in [0.15, 0.2) is 48.5 Å². The number of amides is 2. The van der Waals surface area contributed by atoms with E-state index in [-0.39, 0.29) is 36.2 Å². The Hall–Kier alpha value is -3.35. The molecule has 1 unspecified atom stereocenters. The molecule has 0 spiro atoms. The summed E-state index contributed by atoms with van der Waals surface area (Å²) in [5.41, 5.74) is 4.71. The molecule has 2 fully saturated rings. The summed E-state index contributed by atoms with van der Waals surface area (Å²) < 4.78 is 5.52. The number of ether oxygens (including phenoxy) is 1. The molecule has 1 saturated heterocycles. The number of hydrogen-bond donors (Lipinski definition) is 2. The molecule has 1 aliphatic heterocycles. The van der Waals surface area contributed by atoms with E-state index in [9.17, 15) is 19.5 Å². The van der Waals surface area contributed by atoms with Crippen molar-refractivity contribution >= 4 is 18.0 Å². The zero-order valence-corrected chi connectivity index (χ0v) is 18.4. The van der Waals surface area contributed by atoms with Crippen molar-refractivity contribution in [3.05, 3.63) is 59.7 Å². The maximum atomic E-state index is 12.5. The van der Waals surface area contributed by atoms with Crippen LogP contribution in [0.2, 0.25) is 0 Å². The van der Waals surface area contributed by atoms with E-state index in [0.717, 1.165) is 6.42 Å². The van der Waals surface area contributed by atoms with Crippen molar-refractivity contribution in [2.24, 2.45) is 17.8 Å². The molecule has 172 valence electrons. The molecule has 1 saturated carbocycles. The van der Waals surface area contributed by atoms with Gasteiger partial charge < -0.3 is 20.1 Å². The fourth-order valence-electron chi connectivity index (χ4n) is 5.57. The Kier molecular flexibility index (Phi) is 5.79. The van der Waals surface area contributed by atoms with Crippen LogP contribution in [0.1, 0.15) is 36.3 Å². The van der Waals surface area contributed by atoms with Gasteiger partial charge in [-0.15, -0.1) is 0 Å². The minimum Gasteiger partial charge on any atom is -0.481 e. The number of benzene rings is 2. The molecule has 2 aromatic carbocycles. The number of carbonyl (C=O) groups is 3. The number of carbonyl (C=O) groups excluding carboxylic acids is 2. The predicted molar refractivity (Wildman–Crippen MR) is 122 cm³/mol. The molecule has 33 heavy (non-hydrogen) atoms. The van der Waals surface area contributed by atoms with Gasteiger partial charge >= 0.3 is 12.1 Å². The summed E-state index contributed by atoms with van der Waals surface area (Å²) in [7, 11) is 0. The molecule has 5 rings (SSSR count). The Morgan fingerprint density at radius 1 is 1.00 bits per heavy atom. The number of rotatable bonds is 7. The van der Waals surface area contributed by atoms with E-state index in [1.807, 2.05) is 24.3 Å². The molecule has 0 radical (unpaired) electrons. The number of nitrogens with one attached hydrogen (secondary N) is 1. The highest BCUT2D eigenvalue weighted by atomic mass is 16.5. The molecule has 0 aromatic heterocycles. The number of nitrogens with zero attached hydrogens (tertiary/aromatic N) is 1. The third-order valence-corrected chi connectivity index (χ3v) is 7.31. The first kappa shape index (κ1) is 21.5. The van der Waals surface area contributed by atoms with Crippen molar-refractivity contribution < 1.29 is 24.2 Å². The standard InChI is InChI=1S/C26H28N2O5/c29-23(28-13-11-20-21(14-28)24(20)25(30)31)10-5-12-27-26(32)33-15-22-18-8-3-1-6-16(18)17-7-2-4-9-19(17)22/h1-4,6-9,20-22,24H,5,10-15H2,(H,27,32)(H,30,31)/t20-,21+,24?/m1/s1. The minimum absolute atomic E-state index is 0.0182. The van der Waals surface area contributed by atoms with Gasteiger partial charge in [0, 0.05) is 32.0 Å². The minimum atomic E-state index is -0.744. The van der Waals surface area contributed by atoms with Crippen molar-refractivity contribution in [3.8, 4) is 11.1 Å². The maximum Gasteiger partial charge on any atom is 0.407 e. The molecule has 2 aliphatic carbocycles. The average Bonchev–Trinajstić information content (AvgIpc) is 3.48. The molecule has 3 atom stereocenters. The number of aliphatic carboxylic acids is 1. The highest BCUT2D eigenvalue weighted by Gasteiger charge is 2.57. The average molecular weight is 449 g/mol. The molecule has 7 nitrogen and oxygen atoms in total. The van der Waals surface area contributed by atoms with Crippen molar-refractivity contribution in [3.63, 3.8) is 0 Å². The van der Waals surface area contributed by atoms with Crippen molar-refractivity contribution in [1.29, 1.82) is 0 Å². The zero-order chi connectivity index (χ0) is 22.9. The molecule has 0 bridgehead atoms. The molecule has 3 aliphatic rings. The quantitative estimate of drug-likeness (QED) is 0.632. The van der Waals surface area contributed by atoms with Crippen LogP contribution in [0.25, 0.3) is 11.1 Å². The number of carboxylic acid groups (broad SMARTS) is 1. The Morgan fingerprint density at radius 2 is 1.67 bits per heavy atom. The van der Waals surface area contributed by atoms with Gasteiger partial charge in [0.1, 0.15) is 6.61 Å². The van der Waals surface area contributed by atoms with Crippen LogP contribution in [0, 0.1) is 17.8 Å². The van der Waals surface area contributed by atoms with Gasteiger partial charge in [-0.3, -0.25) is 9.59 Å². The van der Waals surface area contributed by atoms with Gasteiger partial charge in [0.25, 0.3) is 0 Å². The van der Waals surface area contributed by atoms with Crippen LogP contribution < -0.4 is 5.32 Å². The van der Waals surface area contributed by atoms with E-state index in [4.69, 9.17) is 4.74 Å². The molecular weight excluding hydrogens is 420 g/mol. The third-order valence-electron chi connectivity index (χ3n) is 7.31. The first-order valence-corrected chi connectivity index (χ1v) is 11.6. The molecular formula is C26H28N2O5. The summed E-state index contributed by atoms with van der Waals surface area (Å²) in [4.78, 5) is 37.6.